The maximum Gasteiger partial charge on any atom is 0.189 e. The van der Waals surface area contributed by atoms with Crippen LogP contribution in [0.5, 0.6) is 0 Å². The molecule has 21 heavy (non-hydrogen) atoms. The Hall–Kier alpha value is -1.44. The van der Waals surface area contributed by atoms with Gasteiger partial charge in [-0.1, -0.05) is 12.1 Å². The molecule has 1 aromatic rings. The molecule has 0 aliphatic heterocycles. The van der Waals surface area contributed by atoms with E-state index in [1.165, 1.54) is 11.1 Å². The third kappa shape index (κ3) is 6.70. The van der Waals surface area contributed by atoms with E-state index >= 15 is 0 Å². The van der Waals surface area contributed by atoms with Crippen LogP contribution in [0.15, 0.2) is 18.2 Å². The topological polar surface area (TPSA) is 51.4 Å². The van der Waals surface area contributed by atoms with Crippen LogP contribution in [0.1, 0.15) is 11.1 Å². The monoisotopic (exact) mass is 325 g/mol. The zero-order chi connectivity index (χ0) is 15.8. The van der Waals surface area contributed by atoms with Gasteiger partial charge in [-0.15, -0.1) is 0 Å². The summed E-state index contributed by atoms with van der Waals surface area (Å²) in [5.74, 6) is 0. The van der Waals surface area contributed by atoms with Crippen molar-refractivity contribution in [1.82, 2.24) is 21.1 Å². The highest BCUT2D eigenvalue weighted by molar-refractivity contribution is 7.80. The maximum absolute atomic E-state index is 5.23. The van der Waals surface area contributed by atoms with Crippen LogP contribution < -0.4 is 21.5 Å². The van der Waals surface area contributed by atoms with Gasteiger partial charge in [-0.3, -0.25) is 10.9 Å². The van der Waals surface area contributed by atoms with E-state index in [-0.39, 0.29) is 0 Å². The Bertz CT molecular complexity index is 502. The fourth-order valence-electron chi connectivity index (χ4n) is 1.59. The Morgan fingerprint density at radius 1 is 1.10 bits per heavy atom. The number of aryl methyl sites for hydroxylation is 1. The molecule has 0 spiro atoms. The summed E-state index contributed by atoms with van der Waals surface area (Å²) in [7, 11) is 4.03. The first kappa shape index (κ1) is 17.6. The normalized spacial score (nSPS) is 10.1. The summed E-state index contributed by atoms with van der Waals surface area (Å²) in [6.45, 7) is 5.81. The number of anilines is 1. The molecule has 0 aromatic heterocycles. The standard InChI is InChI=1S/C14H23N5S2/c1-10-6-5-7-12(11(10)2)16-14(21)18-17-13(20)15-8-9-19(3)4/h5-7H,8-9H2,1-4H3,(H2,15,17,20)(H2,16,18,21). The van der Waals surface area contributed by atoms with E-state index < -0.39 is 0 Å². The lowest BCUT2D eigenvalue weighted by atomic mass is 10.1. The van der Waals surface area contributed by atoms with Crippen LogP contribution in [-0.4, -0.2) is 42.3 Å². The predicted molar refractivity (Wildman–Crippen MR) is 97.6 cm³/mol. The zero-order valence-corrected chi connectivity index (χ0v) is 14.5. The highest BCUT2D eigenvalue weighted by Gasteiger charge is 2.03. The quantitative estimate of drug-likeness (QED) is 0.495. The molecule has 0 radical (unpaired) electrons. The summed E-state index contributed by atoms with van der Waals surface area (Å²) in [5.41, 5.74) is 9.11. The number of likely N-dealkylation sites (N-methyl/N-ethyl adjacent to an activating group) is 1. The lowest BCUT2D eigenvalue weighted by Crippen LogP contribution is -2.49. The Morgan fingerprint density at radius 2 is 1.76 bits per heavy atom. The lowest BCUT2D eigenvalue weighted by molar-refractivity contribution is 0.412. The first-order valence-corrected chi connectivity index (χ1v) is 7.53. The SMILES string of the molecule is Cc1cccc(NC(=S)NNC(=S)NCCN(C)C)c1C. The minimum Gasteiger partial charge on any atom is -0.360 e. The molecule has 0 atom stereocenters. The van der Waals surface area contributed by atoms with E-state index in [9.17, 15) is 0 Å². The molecular weight excluding hydrogens is 302 g/mol. The largest absolute Gasteiger partial charge is 0.360 e. The van der Waals surface area contributed by atoms with Gasteiger partial charge in [-0.25, -0.2) is 0 Å². The van der Waals surface area contributed by atoms with Crippen LogP contribution in [0.3, 0.4) is 0 Å². The number of rotatable bonds is 4. The molecule has 0 saturated heterocycles. The van der Waals surface area contributed by atoms with E-state index in [4.69, 9.17) is 24.4 Å². The lowest BCUT2D eigenvalue weighted by Gasteiger charge is -2.16. The third-order valence-electron chi connectivity index (χ3n) is 2.99. The van der Waals surface area contributed by atoms with Crippen molar-refractivity contribution in [3.8, 4) is 0 Å². The van der Waals surface area contributed by atoms with Crippen molar-refractivity contribution in [2.75, 3.05) is 32.5 Å². The molecule has 4 N–H and O–H groups in total. The second kappa shape index (κ2) is 8.76. The van der Waals surface area contributed by atoms with E-state index in [0.717, 1.165) is 18.8 Å². The molecule has 0 fully saturated rings. The highest BCUT2D eigenvalue weighted by atomic mass is 32.1. The van der Waals surface area contributed by atoms with Gasteiger partial charge in [0.1, 0.15) is 0 Å². The number of nitrogens with one attached hydrogen (secondary N) is 4. The number of hydrogen-bond donors (Lipinski definition) is 4. The number of thiocarbonyl (C=S) groups is 2. The molecule has 0 aliphatic rings. The summed E-state index contributed by atoms with van der Waals surface area (Å²) in [6, 6.07) is 6.05. The van der Waals surface area contributed by atoms with Crippen molar-refractivity contribution in [1.29, 1.82) is 0 Å². The molecule has 1 aromatic carbocycles. The summed E-state index contributed by atoms with van der Waals surface area (Å²) < 4.78 is 0. The highest BCUT2D eigenvalue weighted by Crippen LogP contribution is 2.17. The Morgan fingerprint density at radius 3 is 2.43 bits per heavy atom. The van der Waals surface area contributed by atoms with E-state index in [1.54, 1.807) is 0 Å². The van der Waals surface area contributed by atoms with Crippen LogP contribution in [-0.2, 0) is 0 Å². The van der Waals surface area contributed by atoms with Crippen molar-refractivity contribution in [3.63, 3.8) is 0 Å². The van der Waals surface area contributed by atoms with Gasteiger partial charge in [0.15, 0.2) is 10.2 Å². The molecule has 0 saturated carbocycles. The van der Waals surface area contributed by atoms with Crippen LogP contribution in [0.25, 0.3) is 0 Å². The molecule has 0 bridgehead atoms. The summed E-state index contributed by atoms with van der Waals surface area (Å²) in [4.78, 5) is 2.08. The zero-order valence-electron chi connectivity index (χ0n) is 12.9. The molecule has 5 nitrogen and oxygen atoms in total. The van der Waals surface area contributed by atoms with Crippen molar-refractivity contribution in [2.24, 2.45) is 0 Å². The Kier molecular flexibility index (Phi) is 7.35. The van der Waals surface area contributed by atoms with Gasteiger partial charge in [0.05, 0.1) is 0 Å². The maximum atomic E-state index is 5.23. The number of hydrogen-bond acceptors (Lipinski definition) is 3. The second-order valence-corrected chi connectivity index (χ2v) is 5.83. The fraction of sp³-hybridized carbons (Fsp3) is 0.429. The van der Waals surface area contributed by atoms with Gasteiger partial charge in [0.25, 0.3) is 0 Å². The Balaban J connectivity index is 2.34. The minimum atomic E-state index is 0.473. The van der Waals surface area contributed by atoms with Crippen LogP contribution >= 0.6 is 24.4 Å². The number of nitrogens with zero attached hydrogens (tertiary/aromatic N) is 1. The Labute approximate surface area is 137 Å². The minimum absolute atomic E-state index is 0.473. The van der Waals surface area contributed by atoms with Gasteiger partial charge >= 0.3 is 0 Å². The van der Waals surface area contributed by atoms with Gasteiger partial charge in [-0.2, -0.15) is 0 Å². The molecule has 0 aliphatic carbocycles. The average Bonchev–Trinajstić information content (AvgIpc) is 2.41. The molecule has 0 heterocycles. The van der Waals surface area contributed by atoms with Gasteiger partial charge in [-0.05, 0) is 69.6 Å². The summed E-state index contributed by atoms with van der Waals surface area (Å²) in [6.07, 6.45) is 0. The van der Waals surface area contributed by atoms with Crippen molar-refractivity contribution in [2.45, 2.75) is 13.8 Å². The molecule has 0 unspecified atom stereocenters. The van der Waals surface area contributed by atoms with E-state index in [2.05, 4.69) is 46.3 Å². The first-order chi connectivity index (χ1) is 9.90. The number of benzene rings is 1. The second-order valence-electron chi connectivity index (χ2n) is 5.01. The first-order valence-electron chi connectivity index (χ1n) is 6.72. The molecule has 0 amide bonds. The third-order valence-corrected chi connectivity index (χ3v) is 3.44. The van der Waals surface area contributed by atoms with Crippen LogP contribution in [0.4, 0.5) is 5.69 Å². The predicted octanol–water partition coefficient (Wildman–Crippen LogP) is 1.53. The average molecular weight is 326 g/mol. The van der Waals surface area contributed by atoms with Crippen molar-refractivity contribution in [3.05, 3.63) is 29.3 Å². The van der Waals surface area contributed by atoms with Crippen LogP contribution in [0.2, 0.25) is 0 Å². The summed E-state index contributed by atoms with van der Waals surface area (Å²) >= 11 is 10.4. The fourth-order valence-corrected chi connectivity index (χ4v) is 1.90. The van der Waals surface area contributed by atoms with E-state index in [0.29, 0.717) is 10.2 Å². The molecule has 7 heteroatoms. The van der Waals surface area contributed by atoms with Gasteiger partial charge in [0.2, 0.25) is 0 Å². The molecular formula is C14H23N5S2. The van der Waals surface area contributed by atoms with Gasteiger partial charge < -0.3 is 15.5 Å². The molecule has 116 valence electrons. The van der Waals surface area contributed by atoms with Gasteiger partial charge in [0, 0.05) is 18.8 Å². The summed E-state index contributed by atoms with van der Waals surface area (Å²) in [5, 5.41) is 7.21. The van der Waals surface area contributed by atoms with E-state index in [1.807, 2.05) is 26.2 Å². The van der Waals surface area contributed by atoms with Crippen LogP contribution in [0, 0.1) is 13.8 Å². The van der Waals surface area contributed by atoms with Crippen molar-refractivity contribution >= 4 is 40.3 Å². The van der Waals surface area contributed by atoms with Crippen molar-refractivity contribution < 1.29 is 0 Å². The smallest absolute Gasteiger partial charge is 0.189 e. The number of hydrazine groups is 1. The molecule has 1 rings (SSSR count).